The predicted molar refractivity (Wildman–Crippen MR) is 81.2 cm³/mol. The van der Waals surface area contributed by atoms with Crippen LogP contribution in [-0.4, -0.2) is 18.2 Å². The van der Waals surface area contributed by atoms with Gasteiger partial charge in [0.05, 0.1) is 13.2 Å². The number of aromatic nitrogens is 1. The number of aryl methyl sites for hydroxylation is 1. The van der Waals surface area contributed by atoms with Crippen LogP contribution in [0.5, 0.6) is 11.5 Å². The molecule has 106 valence electrons. The van der Waals surface area contributed by atoms with Crippen LogP contribution < -0.4 is 15.2 Å². The number of ether oxygens (including phenoxy) is 2. The fourth-order valence-electron chi connectivity index (χ4n) is 1.97. The lowest BCUT2D eigenvalue weighted by Crippen LogP contribution is -1.99. The van der Waals surface area contributed by atoms with Gasteiger partial charge < -0.3 is 15.2 Å². The molecule has 0 aliphatic heterocycles. The van der Waals surface area contributed by atoms with Gasteiger partial charge in [-0.05, 0) is 50.1 Å². The Morgan fingerprint density at radius 1 is 1.00 bits per heavy atom. The highest BCUT2D eigenvalue weighted by atomic mass is 16.5. The van der Waals surface area contributed by atoms with E-state index in [1.165, 1.54) is 0 Å². The lowest BCUT2D eigenvalue weighted by molar-refractivity contribution is 0.288. The van der Waals surface area contributed by atoms with Crippen LogP contribution in [0.15, 0.2) is 30.5 Å². The minimum atomic E-state index is 0.560. The van der Waals surface area contributed by atoms with E-state index in [0.29, 0.717) is 19.0 Å². The van der Waals surface area contributed by atoms with Crippen molar-refractivity contribution in [1.29, 1.82) is 0 Å². The van der Waals surface area contributed by atoms with Crippen LogP contribution >= 0.6 is 0 Å². The number of nitrogens with zero attached hydrogens (tertiary/aromatic N) is 1. The van der Waals surface area contributed by atoms with Crippen LogP contribution in [0.1, 0.15) is 19.4 Å². The average Bonchev–Trinajstić information content (AvgIpc) is 2.44. The largest absolute Gasteiger partial charge is 0.490 e. The van der Waals surface area contributed by atoms with Gasteiger partial charge in [0.2, 0.25) is 0 Å². The monoisotopic (exact) mass is 272 g/mol. The van der Waals surface area contributed by atoms with Crippen LogP contribution in [0.3, 0.4) is 0 Å². The summed E-state index contributed by atoms with van der Waals surface area (Å²) >= 11 is 0. The second kappa shape index (κ2) is 6.28. The Balaban J connectivity index is 2.41. The molecule has 1 aromatic heterocycles. The summed E-state index contributed by atoms with van der Waals surface area (Å²) in [5.41, 5.74) is 8.77. The van der Waals surface area contributed by atoms with Crippen LogP contribution in [0.4, 0.5) is 5.82 Å². The highest BCUT2D eigenvalue weighted by Crippen LogP contribution is 2.33. The van der Waals surface area contributed by atoms with Crippen molar-refractivity contribution >= 4 is 5.82 Å². The van der Waals surface area contributed by atoms with E-state index in [4.69, 9.17) is 15.2 Å². The molecule has 2 rings (SSSR count). The molecule has 0 radical (unpaired) electrons. The van der Waals surface area contributed by atoms with E-state index < -0.39 is 0 Å². The smallest absolute Gasteiger partial charge is 0.161 e. The minimum absolute atomic E-state index is 0.560. The molecule has 0 atom stereocenters. The third-order valence-corrected chi connectivity index (χ3v) is 3.00. The van der Waals surface area contributed by atoms with Crippen molar-refractivity contribution in [2.45, 2.75) is 20.8 Å². The molecule has 0 unspecified atom stereocenters. The topological polar surface area (TPSA) is 57.4 Å². The summed E-state index contributed by atoms with van der Waals surface area (Å²) < 4.78 is 11.2. The first kappa shape index (κ1) is 14.2. The van der Waals surface area contributed by atoms with E-state index in [-0.39, 0.29) is 0 Å². The molecule has 1 aromatic carbocycles. The van der Waals surface area contributed by atoms with Gasteiger partial charge in [-0.3, -0.25) is 0 Å². The Morgan fingerprint density at radius 3 is 2.35 bits per heavy atom. The molecule has 4 heteroatoms. The Hall–Kier alpha value is -2.23. The first-order valence-electron chi connectivity index (χ1n) is 6.77. The molecule has 2 aromatic rings. The van der Waals surface area contributed by atoms with Crippen molar-refractivity contribution in [3.63, 3.8) is 0 Å². The molecule has 20 heavy (non-hydrogen) atoms. The van der Waals surface area contributed by atoms with Gasteiger partial charge in [-0.15, -0.1) is 0 Å². The van der Waals surface area contributed by atoms with Gasteiger partial charge in [0.25, 0.3) is 0 Å². The van der Waals surface area contributed by atoms with Crippen LogP contribution in [0.2, 0.25) is 0 Å². The van der Waals surface area contributed by atoms with Gasteiger partial charge in [-0.25, -0.2) is 4.98 Å². The number of rotatable bonds is 5. The molecule has 0 saturated heterocycles. The van der Waals surface area contributed by atoms with Gasteiger partial charge in [0.1, 0.15) is 5.82 Å². The maximum atomic E-state index is 5.75. The maximum absolute atomic E-state index is 5.75. The van der Waals surface area contributed by atoms with Gasteiger partial charge in [-0.1, -0.05) is 6.07 Å². The summed E-state index contributed by atoms with van der Waals surface area (Å²) in [5, 5.41) is 0. The molecule has 0 aliphatic carbocycles. The van der Waals surface area contributed by atoms with Gasteiger partial charge in [0, 0.05) is 11.8 Å². The standard InChI is InChI=1S/C16H20N2O2/c1-4-19-14-7-6-12(9-15(14)20-5-2)13-8-11(3)16(17)18-10-13/h6-10H,4-5H2,1-3H3,(H2,17,18). The summed E-state index contributed by atoms with van der Waals surface area (Å²) in [6.45, 7) is 7.07. The van der Waals surface area contributed by atoms with E-state index in [0.717, 1.165) is 28.2 Å². The van der Waals surface area contributed by atoms with E-state index in [1.54, 1.807) is 6.20 Å². The lowest BCUT2D eigenvalue weighted by Gasteiger charge is -2.13. The Morgan fingerprint density at radius 2 is 1.70 bits per heavy atom. The van der Waals surface area contributed by atoms with Crippen LogP contribution in [-0.2, 0) is 0 Å². The molecule has 2 N–H and O–H groups in total. The number of hydrogen-bond donors (Lipinski definition) is 1. The minimum Gasteiger partial charge on any atom is -0.490 e. The van der Waals surface area contributed by atoms with E-state index in [1.807, 2.05) is 45.0 Å². The highest BCUT2D eigenvalue weighted by molar-refractivity contribution is 5.68. The van der Waals surface area contributed by atoms with Gasteiger partial charge in [-0.2, -0.15) is 0 Å². The summed E-state index contributed by atoms with van der Waals surface area (Å²) in [7, 11) is 0. The quantitative estimate of drug-likeness (QED) is 0.905. The van der Waals surface area contributed by atoms with E-state index in [2.05, 4.69) is 4.98 Å². The van der Waals surface area contributed by atoms with Crippen molar-refractivity contribution in [1.82, 2.24) is 4.98 Å². The zero-order valence-corrected chi connectivity index (χ0v) is 12.1. The average molecular weight is 272 g/mol. The third-order valence-electron chi connectivity index (χ3n) is 3.00. The van der Waals surface area contributed by atoms with Crippen molar-refractivity contribution in [2.75, 3.05) is 18.9 Å². The molecule has 4 nitrogen and oxygen atoms in total. The molecule has 0 aliphatic rings. The number of anilines is 1. The normalized spacial score (nSPS) is 10.3. The molecular formula is C16H20N2O2. The molecular weight excluding hydrogens is 252 g/mol. The third kappa shape index (κ3) is 3.02. The highest BCUT2D eigenvalue weighted by Gasteiger charge is 2.08. The van der Waals surface area contributed by atoms with E-state index in [9.17, 15) is 0 Å². The predicted octanol–water partition coefficient (Wildman–Crippen LogP) is 3.44. The number of nitrogen functional groups attached to an aromatic ring is 1. The second-order valence-electron chi connectivity index (χ2n) is 4.45. The lowest BCUT2D eigenvalue weighted by atomic mass is 10.1. The molecule has 0 bridgehead atoms. The Kier molecular flexibility index (Phi) is 4.45. The number of pyridine rings is 1. The number of nitrogens with two attached hydrogens (primary N) is 1. The summed E-state index contributed by atoms with van der Waals surface area (Å²) in [4.78, 5) is 4.20. The fraction of sp³-hybridized carbons (Fsp3) is 0.312. The first-order valence-corrected chi connectivity index (χ1v) is 6.77. The summed E-state index contributed by atoms with van der Waals surface area (Å²) in [5.74, 6) is 2.07. The SMILES string of the molecule is CCOc1ccc(-c2cnc(N)c(C)c2)cc1OCC. The molecule has 0 fully saturated rings. The van der Waals surface area contributed by atoms with Crippen LogP contribution in [0, 0.1) is 6.92 Å². The molecule has 0 amide bonds. The molecule has 0 spiro atoms. The van der Waals surface area contributed by atoms with Crippen molar-refractivity contribution in [3.8, 4) is 22.6 Å². The van der Waals surface area contributed by atoms with Crippen molar-refractivity contribution in [3.05, 3.63) is 36.0 Å². The molecule has 0 saturated carbocycles. The number of hydrogen-bond acceptors (Lipinski definition) is 4. The van der Waals surface area contributed by atoms with Crippen LogP contribution in [0.25, 0.3) is 11.1 Å². The van der Waals surface area contributed by atoms with Gasteiger partial charge >= 0.3 is 0 Å². The fourth-order valence-corrected chi connectivity index (χ4v) is 1.97. The van der Waals surface area contributed by atoms with Crippen molar-refractivity contribution in [2.24, 2.45) is 0 Å². The number of benzene rings is 1. The first-order chi connectivity index (χ1) is 9.65. The summed E-state index contributed by atoms with van der Waals surface area (Å²) in [6, 6.07) is 7.92. The van der Waals surface area contributed by atoms with Crippen molar-refractivity contribution < 1.29 is 9.47 Å². The van der Waals surface area contributed by atoms with E-state index >= 15 is 0 Å². The molecule has 1 heterocycles. The Labute approximate surface area is 119 Å². The zero-order chi connectivity index (χ0) is 14.5. The maximum Gasteiger partial charge on any atom is 0.161 e. The zero-order valence-electron chi connectivity index (χ0n) is 12.1. The van der Waals surface area contributed by atoms with Gasteiger partial charge in [0.15, 0.2) is 11.5 Å². The second-order valence-corrected chi connectivity index (χ2v) is 4.45. The Bertz CT molecular complexity index is 597. The summed E-state index contributed by atoms with van der Waals surface area (Å²) in [6.07, 6.45) is 1.77.